The number of ketones is 2. The van der Waals surface area contributed by atoms with Crippen molar-refractivity contribution in [3.8, 4) is 0 Å². The maximum absolute atomic E-state index is 14.4. The Hall–Kier alpha value is -4.09. The average molecular weight is 694 g/mol. The summed E-state index contributed by atoms with van der Waals surface area (Å²) < 4.78 is 42.1. The molecule has 0 unspecified atom stereocenters. The number of rotatable bonds is 7. The van der Waals surface area contributed by atoms with Crippen molar-refractivity contribution < 1.29 is 32.3 Å². The quantitative estimate of drug-likeness (QED) is 0.289. The smallest absolute Gasteiger partial charge is 0.355 e. The Morgan fingerprint density at radius 2 is 1.80 bits per heavy atom. The van der Waals surface area contributed by atoms with Crippen LogP contribution in [0.4, 0.5) is 13.2 Å². The summed E-state index contributed by atoms with van der Waals surface area (Å²) in [6, 6.07) is 5.17. The molecule has 2 fully saturated rings. The fourth-order valence-corrected chi connectivity index (χ4v) is 7.87. The number of benzene rings is 1. The second kappa shape index (κ2) is 13.9. The lowest BCUT2D eigenvalue weighted by Crippen LogP contribution is -2.45. The van der Waals surface area contributed by atoms with Crippen molar-refractivity contribution in [2.75, 3.05) is 6.54 Å². The van der Waals surface area contributed by atoms with Gasteiger partial charge in [0.1, 0.15) is 17.9 Å². The number of aromatic nitrogens is 3. The van der Waals surface area contributed by atoms with Crippen molar-refractivity contribution in [2.24, 2.45) is 11.3 Å². The number of nitrogens with zero attached hydrogens (tertiary/aromatic N) is 4. The second-order valence-corrected chi connectivity index (χ2v) is 15.0. The number of halogens is 3. The first-order chi connectivity index (χ1) is 23.7. The summed E-state index contributed by atoms with van der Waals surface area (Å²) in [5.74, 6) is -0.523. The van der Waals surface area contributed by atoms with Crippen LogP contribution >= 0.6 is 0 Å². The van der Waals surface area contributed by atoms with E-state index in [1.807, 2.05) is 6.07 Å². The number of Topliss-reactive ketones (excluding diaryl/α,β-unsaturated/α-hetero) is 2. The van der Waals surface area contributed by atoms with Crippen LogP contribution in [-0.4, -0.2) is 61.7 Å². The largest absolute Gasteiger partial charge is 0.433 e. The minimum absolute atomic E-state index is 0.0247. The molecule has 1 saturated heterocycles. The molecule has 2 aliphatic heterocycles. The van der Waals surface area contributed by atoms with Crippen LogP contribution in [0.1, 0.15) is 111 Å². The van der Waals surface area contributed by atoms with Crippen LogP contribution in [0.15, 0.2) is 24.3 Å². The van der Waals surface area contributed by atoms with Gasteiger partial charge in [-0.25, -0.2) is 4.98 Å². The number of carbonyl (C=O) groups excluding carboxylic acids is 4. The van der Waals surface area contributed by atoms with Gasteiger partial charge in [-0.05, 0) is 86.6 Å². The van der Waals surface area contributed by atoms with Crippen LogP contribution in [0.2, 0.25) is 0 Å². The molecular weight excluding hydrogens is 647 g/mol. The van der Waals surface area contributed by atoms with Crippen molar-refractivity contribution in [1.29, 1.82) is 0 Å². The topological polar surface area (TPSA) is 114 Å². The van der Waals surface area contributed by atoms with E-state index >= 15 is 0 Å². The number of amides is 2. The fraction of sp³-hybridized carbons (Fsp3) is 0.579. The molecule has 2 aromatic heterocycles. The zero-order valence-electron chi connectivity index (χ0n) is 29.3. The molecule has 3 aromatic rings. The number of pyridine rings is 1. The second-order valence-electron chi connectivity index (χ2n) is 15.0. The number of hydrogen-bond donors (Lipinski definition) is 1. The zero-order valence-corrected chi connectivity index (χ0v) is 29.3. The fourth-order valence-electron chi connectivity index (χ4n) is 7.87. The van der Waals surface area contributed by atoms with Crippen LogP contribution in [0.5, 0.6) is 0 Å². The SMILES string of the molecule is CC(=O)c1nn2c3c(cc(CCC(C)C)cc13)CCCCCCC(=O)NC[C@@]13C[C@@H](C(=O)Cc4nc(C(F)(F)F)ccc4C)N(C(=O)C2)[C@@H]1C3. The number of piperidine rings is 1. The Kier molecular flexibility index (Phi) is 9.94. The lowest BCUT2D eigenvalue weighted by Gasteiger charge is -2.27. The Balaban J connectivity index is 1.38. The molecular formula is C38H46F3N5O4. The Bertz CT molecular complexity index is 1830. The van der Waals surface area contributed by atoms with Crippen LogP contribution < -0.4 is 5.32 Å². The molecule has 4 heterocycles. The molecule has 12 heteroatoms. The van der Waals surface area contributed by atoms with Gasteiger partial charge in [0.15, 0.2) is 11.6 Å². The maximum atomic E-state index is 14.4. The van der Waals surface area contributed by atoms with Crippen molar-refractivity contribution in [1.82, 2.24) is 25.0 Å². The molecule has 0 spiro atoms. The van der Waals surface area contributed by atoms with Gasteiger partial charge in [0.25, 0.3) is 0 Å². The van der Waals surface area contributed by atoms with E-state index in [1.165, 1.54) is 13.0 Å². The van der Waals surface area contributed by atoms with E-state index in [9.17, 15) is 32.3 Å². The van der Waals surface area contributed by atoms with Crippen LogP contribution in [0.25, 0.3) is 10.9 Å². The summed E-state index contributed by atoms with van der Waals surface area (Å²) in [7, 11) is 0. The molecule has 6 rings (SSSR count). The van der Waals surface area contributed by atoms with Gasteiger partial charge in [-0.1, -0.05) is 38.8 Å². The monoisotopic (exact) mass is 693 g/mol. The van der Waals surface area contributed by atoms with Crippen LogP contribution in [-0.2, 0) is 46.4 Å². The average Bonchev–Trinajstić information content (AvgIpc) is 3.46. The molecule has 1 aliphatic carbocycles. The summed E-state index contributed by atoms with van der Waals surface area (Å²) in [4.78, 5) is 59.4. The first-order valence-corrected chi connectivity index (χ1v) is 17.8. The van der Waals surface area contributed by atoms with E-state index in [0.717, 1.165) is 73.0 Å². The summed E-state index contributed by atoms with van der Waals surface area (Å²) in [5.41, 5.74) is 2.08. The van der Waals surface area contributed by atoms with E-state index in [4.69, 9.17) is 5.10 Å². The molecule has 0 radical (unpaired) electrons. The van der Waals surface area contributed by atoms with E-state index in [-0.39, 0.29) is 42.3 Å². The molecule has 1 aromatic carbocycles. The molecule has 2 bridgehead atoms. The first-order valence-electron chi connectivity index (χ1n) is 17.8. The maximum Gasteiger partial charge on any atom is 0.433 e. The van der Waals surface area contributed by atoms with Crippen molar-refractivity contribution >= 4 is 34.3 Å². The molecule has 1 saturated carbocycles. The van der Waals surface area contributed by atoms with Gasteiger partial charge >= 0.3 is 6.18 Å². The van der Waals surface area contributed by atoms with E-state index < -0.39 is 29.1 Å². The lowest BCUT2D eigenvalue weighted by molar-refractivity contribution is -0.141. The summed E-state index contributed by atoms with van der Waals surface area (Å²) in [5, 5.41) is 8.45. The van der Waals surface area contributed by atoms with Gasteiger partial charge in [0, 0.05) is 36.7 Å². The standard InChI is InChI=1S/C38H46F3N5O4/c1-22(2)11-13-25-15-26-9-7-5-6-8-10-33(49)42-21-37-18-29(30(48)17-28-23(3)12-14-31(43-28)38(39,40)41)46(32(37)19-37)34(50)20-45-36(26)27(16-25)35(44-45)24(4)47/h12,14-16,22,29,32H,5-11,13,17-21H2,1-4H3,(H,42,49)/t29-,32+,37-/m0/s1. The van der Waals surface area contributed by atoms with Gasteiger partial charge in [-0.2, -0.15) is 18.3 Å². The highest BCUT2D eigenvalue weighted by atomic mass is 19.4. The Morgan fingerprint density at radius 1 is 1.06 bits per heavy atom. The highest BCUT2D eigenvalue weighted by Gasteiger charge is 2.66. The number of alkyl halides is 3. The van der Waals surface area contributed by atoms with E-state index in [1.54, 1.807) is 16.5 Å². The van der Waals surface area contributed by atoms with Gasteiger partial charge < -0.3 is 10.2 Å². The third-order valence-corrected chi connectivity index (χ3v) is 10.8. The Morgan fingerprint density at radius 3 is 2.50 bits per heavy atom. The number of aryl methyl sites for hydroxylation is 3. The van der Waals surface area contributed by atoms with Crippen LogP contribution in [0.3, 0.4) is 0 Å². The Labute approximate surface area is 290 Å². The van der Waals surface area contributed by atoms with Crippen molar-refractivity contribution in [3.05, 3.63) is 58.0 Å². The minimum Gasteiger partial charge on any atom is -0.355 e. The summed E-state index contributed by atoms with van der Waals surface area (Å²) >= 11 is 0. The predicted molar refractivity (Wildman–Crippen MR) is 181 cm³/mol. The van der Waals surface area contributed by atoms with E-state index in [2.05, 4.69) is 30.2 Å². The minimum atomic E-state index is -4.66. The van der Waals surface area contributed by atoms with E-state index in [0.29, 0.717) is 43.0 Å². The predicted octanol–water partition coefficient (Wildman–Crippen LogP) is 6.34. The van der Waals surface area contributed by atoms with Crippen molar-refractivity contribution in [3.63, 3.8) is 0 Å². The number of carbonyl (C=O) groups is 4. The molecule has 50 heavy (non-hydrogen) atoms. The normalized spacial score (nSPS) is 23.2. The third-order valence-electron chi connectivity index (χ3n) is 10.8. The molecule has 1 N–H and O–H groups in total. The van der Waals surface area contributed by atoms with Crippen molar-refractivity contribution in [2.45, 2.75) is 123 Å². The third kappa shape index (κ3) is 7.35. The summed E-state index contributed by atoms with van der Waals surface area (Å²) in [6.07, 6.45) is 2.25. The van der Waals surface area contributed by atoms with Gasteiger partial charge in [0.2, 0.25) is 11.8 Å². The molecule has 268 valence electrons. The molecule has 9 nitrogen and oxygen atoms in total. The molecule has 2 amide bonds. The summed E-state index contributed by atoms with van der Waals surface area (Å²) in [6.45, 7) is 7.53. The lowest BCUT2D eigenvalue weighted by atomic mass is 9.94. The highest BCUT2D eigenvalue weighted by molar-refractivity contribution is 6.06. The number of hydrogen-bond acceptors (Lipinski definition) is 6. The number of nitrogens with one attached hydrogen (secondary N) is 1. The zero-order chi connectivity index (χ0) is 36.0. The highest BCUT2D eigenvalue weighted by Crippen LogP contribution is 2.59. The van der Waals surface area contributed by atoms with Gasteiger partial charge in [-0.15, -0.1) is 0 Å². The molecule has 3 atom stereocenters. The van der Waals surface area contributed by atoms with Gasteiger partial charge in [0.05, 0.1) is 23.7 Å². The molecule has 3 aliphatic rings. The van der Waals surface area contributed by atoms with Gasteiger partial charge in [-0.3, -0.25) is 23.9 Å². The first kappa shape index (κ1) is 35.7. The van der Waals surface area contributed by atoms with Crippen LogP contribution in [0, 0.1) is 18.3 Å².